The van der Waals surface area contributed by atoms with Gasteiger partial charge < -0.3 is 25.5 Å². The van der Waals surface area contributed by atoms with Gasteiger partial charge >= 0.3 is 0 Å². The number of benzene rings is 1. The van der Waals surface area contributed by atoms with E-state index in [2.05, 4.69) is 25.4 Å². The van der Waals surface area contributed by atoms with Crippen molar-refractivity contribution in [2.45, 2.75) is 19.4 Å². The minimum atomic E-state index is -0.625. The molecule has 1 fully saturated rings. The SMILES string of the molecule is CN(CCN1CCCC1)Cc1csc(C(=O)Nc2c(O)cc(Cl)cc2C(=O)Nc2ccc(Cl)cn2)c1Cl. The number of nitrogens with zero attached hydrogens (tertiary/aromatic N) is 3. The number of aromatic hydroxyl groups is 1. The van der Waals surface area contributed by atoms with Crippen LogP contribution in [0.2, 0.25) is 15.1 Å². The quantitative estimate of drug-likeness (QED) is 0.274. The van der Waals surface area contributed by atoms with Gasteiger partial charge in [-0.25, -0.2) is 4.98 Å². The summed E-state index contributed by atoms with van der Waals surface area (Å²) in [5.41, 5.74) is 0.715. The molecule has 37 heavy (non-hydrogen) atoms. The number of aromatic nitrogens is 1. The van der Waals surface area contributed by atoms with E-state index in [1.807, 2.05) is 12.4 Å². The van der Waals surface area contributed by atoms with Crippen LogP contribution < -0.4 is 10.6 Å². The second-order valence-electron chi connectivity index (χ2n) is 8.81. The lowest BCUT2D eigenvalue weighted by atomic mass is 10.1. The van der Waals surface area contributed by atoms with Crippen molar-refractivity contribution in [3.8, 4) is 5.75 Å². The van der Waals surface area contributed by atoms with Crippen molar-refractivity contribution in [1.29, 1.82) is 0 Å². The number of anilines is 2. The number of halogens is 3. The van der Waals surface area contributed by atoms with Gasteiger partial charge in [0.25, 0.3) is 11.8 Å². The molecule has 2 aromatic heterocycles. The number of hydrogen-bond acceptors (Lipinski definition) is 7. The maximum atomic E-state index is 13.1. The molecular weight excluding hydrogens is 557 g/mol. The highest BCUT2D eigenvalue weighted by Gasteiger charge is 2.23. The Hall–Kier alpha value is -2.40. The van der Waals surface area contributed by atoms with Gasteiger partial charge in [0.2, 0.25) is 0 Å². The maximum Gasteiger partial charge on any atom is 0.267 e. The first-order chi connectivity index (χ1) is 17.7. The molecule has 0 saturated carbocycles. The zero-order valence-corrected chi connectivity index (χ0v) is 23.1. The van der Waals surface area contributed by atoms with E-state index in [1.54, 1.807) is 6.07 Å². The van der Waals surface area contributed by atoms with Crippen LogP contribution in [-0.2, 0) is 6.54 Å². The average Bonchev–Trinajstić information content (AvgIpc) is 3.51. The third-order valence-corrected chi connectivity index (χ3v) is 7.99. The van der Waals surface area contributed by atoms with Gasteiger partial charge in [0.1, 0.15) is 16.4 Å². The fraction of sp³-hybridized carbons (Fsp3) is 0.320. The van der Waals surface area contributed by atoms with Crippen molar-refractivity contribution in [2.24, 2.45) is 0 Å². The Kier molecular flexibility index (Phi) is 9.28. The molecule has 0 radical (unpaired) electrons. The number of amides is 2. The van der Waals surface area contributed by atoms with Crippen LogP contribution >= 0.6 is 46.1 Å². The number of phenols is 1. The van der Waals surface area contributed by atoms with Crippen LogP contribution in [0.5, 0.6) is 5.75 Å². The van der Waals surface area contributed by atoms with Gasteiger partial charge in [-0.1, -0.05) is 34.8 Å². The summed E-state index contributed by atoms with van der Waals surface area (Å²) in [6.45, 7) is 4.78. The molecule has 1 aliphatic rings. The predicted molar refractivity (Wildman–Crippen MR) is 150 cm³/mol. The molecule has 8 nitrogen and oxygen atoms in total. The molecule has 12 heteroatoms. The number of rotatable bonds is 9. The van der Waals surface area contributed by atoms with Crippen molar-refractivity contribution in [1.82, 2.24) is 14.8 Å². The van der Waals surface area contributed by atoms with Crippen LogP contribution in [0.3, 0.4) is 0 Å². The minimum Gasteiger partial charge on any atom is -0.506 e. The Labute approximate surface area is 234 Å². The Morgan fingerprint density at radius 2 is 1.86 bits per heavy atom. The fourth-order valence-corrected chi connectivity index (χ4v) is 5.60. The van der Waals surface area contributed by atoms with E-state index >= 15 is 0 Å². The first-order valence-corrected chi connectivity index (χ1v) is 13.7. The lowest BCUT2D eigenvalue weighted by molar-refractivity contribution is 0.102. The smallest absolute Gasteiger partial charge is 0.267 e. The summed E-state index contributed by atoms with van der Waals surface area (Å²) in [6.07, 6.45) is 3.89. The molecule has 0 bridgehead atoms. The van der Waals surface area contributed by atoms with E-state index in [1.165, 1.54) is 48.6 Å². The van der Waals surface area contributed by atoms with Gasteiger partial charge in [-0.05, 0) is 62.1 Å². The van der Waals surface area contributed by atoms with E-state index in [0.29, 0.717) is 16.6 Å². The summed E-state index contributed by atoms with van der Waals surface area (Å²) < 4.78 is 0. The molecule has 1 saturated heterocycles. The number of carbonyl (C=O) groups is 2. The normalized spacial score (nSPS) is 13.8. The number of phenolic OH excluding ortho intramolecular Hbond substituents is 1. The van der Waals surface area contributed by atoms with Crippen molar-refractivity contribution in [3.63, 3.8) is 0 Å². The molecular formula is C25H26Cl3N5O3S. The minimum absolute atomic E-state index is 0.0374. The molecule has 4 rings (SSSR count). The summed E-state index contributed by atoms with van der Waals surface area (Å²) >= 11 is 19.7. The van der Waals surface area contributed by atoms with Crippen molar-refractivity contribution < 1.29 is 14.7 Å². The molecule has 0 spiro atoms. The molecule has 3 aromatic rings. The molecule has 1 aromatic carbocycles. The highest BCUT2D eigenvalue weighted by molar-refractivity contribution is 7.13. The fourth-order valence-electron chi connectivity index (χ4n) is 4.03. The van der Waals surface area contributed by atoms with Crippen LogP contribution in [-0.4, -0.2) is 64.9 Å². The molecule has 0 unspecified atom stereocenters. The van der Waals surface area contributed by atoms with Crippen molar-refractivity contribution in [3.05, 3.63) is 66.9 Å². The van der Waals surface area contributed by atoms with Gasteiger partial charge in [-0.3, -0.25) is 9.59 Å². The standard InChI is InChI=1S/C25H26Cl3N5O3S/c1-32(8-9-33-6-2-3-7-33)13-15-14-37-23(21(15)28)25(36)31-22-18(10-17(27)11-19(22)34)24(35)30-20-5-4-16(26)12-29-20/h4-5,10-12,14,34H,2-3,6-9,13H2,1H3,(H,31,36)(H,29,30,35). The number of thiophene rings is 1. The molecule has 1 aliphatic heterocycles. The van der Waals surface area contributed by atoms with Crippen LogP contribution in [0.4, 0.5) is 11.5 Å². The number of nitrogens with one attached hydrogen (secondary N) is 2. The van der Waals surface area contributed by atoms with Gasteiger partial charge in [0, 0.05) is 36.9 Å². The summed E-state index contributed by atoms with van der Waals surface area (Å²) in [5.74, 6) is -1.28. The first-order valence-electron chi connectivity index (χ1n) is 11.6. The van der Waals surface area contributed by atoms with Crippen LogP contribution in [0.1, 0.15) is 38.4 Å². The topological polar surface area (TPSA) is 97.8 Å². The summed E-state index contributed by atoms with van der Waals surface area (Å²) in [4.78, 5) is 35.0. The third kappa shape index (κ3) is 7.13. The van der Waals surface area contributed by atoms with Gasteiger partial charge in [0.05, 0.1) is 21.3 Å². The predicted octanol–water partition coefficient (Wildman–Crippen LogP) is 5.84. The summed E-state index contributed by atoms with van der Waals surface area (Å²) in [7, 11) is 2.02. The highest BCUT2D eigenvalue weighted by Crippen LogP contribution is 2.35. The summed E-state index contributed by atoms with van der Waals surface area (Å²) in [6, 6.07) is 5.69. The largest absolute Gasteiger partial charge is 0.506 e. The molecule has 0 aliphatic carbocycles. The highest BCUT2D eigenvalue weighted by atomic mass is 35.5. The average molecular weight is 583 g/mol. The summed E-state index contributed by atoms with van der Waals surface area (Å²) in [5, 5.41) is 18.5. The first kappa shape index (κ1) is 27.6. The van der Waals surface area contributed by atoms with Crippen LogP contribution in [0.25, 0.3) is 0 Å². The monoisotopic (exact) mass is 581 g/mol. The van der Waals surface area contributed by atoms with E-state index in [0.717, 1.165) is 31.7 Å². The zero-order valence-electron chi connectivity index (χ0n) is 20.1. The second kappa shape index (κ2) is 12.4. The lowest BCUT2D eigenvalue weighted by Gasteiger charge is -2.21. The van der Waals surface area contributed by atoms with Crippen molar-refractivity contribution in [2.75, 3.05) is 43.9 Å². The number of likely N-dealkylation sites (tertiary alicyclic amines) is 1. The Bertz CT molecular complexity index is 1280. The van der Waals surface area contributed by atoms with Crippen molar-refractivity contribution >= 4 is 69.5 Å². The number of pyridine rings is 1. The van der Waals surface area contributed by atoms with E-state index in [4.69, 9.17) is 34.8 Å². The van der Waals surface area contributed by atoms with E-state index in [9.17, 15) is 14.7 Å². The van der Waals surface area contributed by atoms with Gasteiger partial charge in [-0.15, -0.1) is 11.3 Å². The van der Waals surface area contributed by atoms with Gasteiger partial charge in [-0.2, -0.15) is 0 Å². The third-order valence-electron chi connectivity index (χ3n) is 5.98. The number of carbonyl (C=O) groups excluding carboxylic acids is 2. The molecule has 196 valence electrons. The van der Waals surface area contributed by atoms with E-state index in [-0.39, 0.29) is 32.7 Å². The zero-order chi connectivity index (χ0) is 26.5. The van der Waals surface area contributed by atoms with Crippen LogP contribution in [0, 0.1) is 0 Å². The lowest BCUT2D eigenvalue weighted by Crippen LogP contribution is -2.31. The molecule has 2 amide bonds. The number of likely N-dealkylation sites (N-methyl/N-ethyl adjacent to an activating group) is 1. The van der Waals surface area contributed by atoms with Gasteiger partial charge in [0.15, 0.2) is 0 Å². The van der Waals surface area contributed by atoms with E-state index < -0.39 is 11.8 Å². The molecule has 0 atom stereocenters. The number of hydrogen-bond donors (Lipinski definition) is 3. The van der Waals surface area contributed by atoms with Crippen LogP contribution in [0.15, 0.2) is 35.8 Å². The Morgan fingerprint density at radius 1 is 1.11 bits per heavy atom. The molecule has 3 N–H and O–H groups in total. The molecule has 3 heterocycles. The Morgan fingerprint density at radius 3 is 2.57 bits per heavy atom. The maximum absolute atomic E-state index is 13.1. The Balaban J connectivity index is 1.46. The second-order valence-corrected chi connectivity index (χ2v) is 10.9.